The number of hydrogen-bond acceptors (Lipinski definition) is 6. The molecule has 5 nitrogen and oxygen atoms in total. The fourth-order valence-electron chi connectivity index (χ4n) is 4.73. The lowest BCUT2D eigenvalue weighted by Gasteiger charge is -2.19. The zero-order chi connectivity index (χ0) is 31.0. The fourth-order valence-corrected chi connectivity index (χ4v) is 5.54. The van der Waals surface area contributed by atoms with Crippen LogP contribution in [0.1, 0.15) is 101 Å². The molecule has 0 aliphatic heterocycles. The molecule has 0 fully saturated rings. The van der Waals surface area contributed by atoms with Crippen LogP contribution in [0.4, 0.5) is 0 Å². The number of benzene rings is 3. The van der Waals surface area contributed by atoms with Gasteiger partial charge in [-0.3, -0.25) is 4.79 Å². The SMILES string of the molecule is CCCCCCCCCOc1ccc(-c2ccc(C(=O)Sc3ccc(OC(C)C(=O)OC(CC)CC)cc3C)cc2)cc1. The number of esters is 1. The number of ether oxygens (including phenoxy) is 3. The van der Waals surface area contributed by atoms with Crippen LogP contribution in [0.25, 0.3) is 11.1 Å². The Kier molecular flexibility index (Phi) is 14.7. The van der Waals surface area contributed by atoms with Crippen molar-refractivity contribution in [2.24, 2.45) is 0 Å². The first-order chi connectivity index (χ1) is 20.8. The maximum atomic E-state index is 13.0. The van der Waals surface area contributed by atoms with Crippen LogP contribution in [0, 0.1) is 6.92 Å². The van der Waals surface area contributed by atoms with Crippen molar-refractivity contribution in [3.63, 3.8) is 0 Å². The van der Waals surface area contributed by atoms with Gasteiger partial charge in [0, 0.05) is 10.5 Å². The monoisotopic (exact) mass is 604 g/mol. The maximum absolute atomic E-state index is 13.0. The van der Waals surface area contributed by atoms with Gasteiger partial charge >= 0.3 is 5.97 Å². The van der Waals surface area contributed by atoms with E-state index in [1.54, 1.807) is 13.0 Å². The van der Waals surface area contributed by atoms with E-state index in [2.05, 4.69) is 19.1 Å². The molecule has 0 saturated heterocycles. The molecule has 0 spiro atoms. The number of hydrogen-bond donors (Lipinski definition) is 0. The molecule has 0 aromatic heterocycles. The third kappa shape index (κ3) is 11.4. The van der Waals surface area contributed by atoms with E-state index < -0.39 is 6.10 Å². The summed E-state index contributed by atoms with van der Waals surface area (Å²) in [5.74, 6) is 1.09. The minimum atomic E-state index is -0.711. The maximum Gasteiger partial charge on any atom is 0.347 e. The van der Waals surface area contributed by atoms with Gasteiger partial charge in [-0.1, -0.05) is 83.6 Å². The first-order valence-corrected chi connectivity index (χ1v) is 16.7. The number of thioether (sulfide) groups is 1. The summed E-state index contributed by atoms with van der Waals surface area (Å²) in [4.78, 5) is 26.2. The molecule has 0 saturated carbocycles. The van der Waals surface area contributed by atoms with Gasteiger partial charge in [0.15, 0.2) is 6.10 Å². The first kappa shape index (κ1) is 34.2. The predicted octanol–water partition coefficient (Wildman–Crippen LogP) is 10.2. The molecule has 0 heterocycles. The molecule has 232 valence electrons. The molecular formula is C37H48O5S. The molecule has 0 aliphatic rings. The predicted molar refractivity (Wildman–Crippen MR) is 177 cm³/mol. The molecule has 3 rings (SSSR count). The second-order valence-electron chi connectivity index (χ2n) is 11.0. The van der Waals surface area contributed by atoms with Gasteiger partial charge in [-0.15, -0.1) is 0 Å². The Balaban J connectivity index is 1.48. The Morgan fingerprint density at radius 3 is 1.93 bits per heavy atom. The normalized spacial score (nSPS) is 11.8. The molecule has 0 amide bonds. The molecule has 0 N–H and O–H groups in total. The van der Waals surface area contributed by atoms with Gasteiger partial charge in [-0.2, -0.15) is 0 Å². The van der Waals surface area contributed by atoms with E-state index in [0.717, 1.165) is 53.2 Å². The highest BCUT2D eigenvalue weighted by atomic mass is 32.2. The van der Waals surface area contributed by atoms with Crippen LogP contribution >= 0.6 is 11.8 Å². The van der Waals surface area contributed by atoms with Crippen molar-refractivity contribution in [3.05, 3.63) is 77.9 Å². The van der Waals surface area contributed by atoms with Crippen molar-refractivity contribution >= 4 is 22.8 Å². The summed E-state index contributed by atoms with van der Waals surface area (Å²) in [6, 6.07) is 21.3. The standard InChI is InChI=1S/C37H48O5S/c1-6-9-10-11-12-13-14-25-40-33-21-19-30(20-22-33)29-15-17-31(18-16-29)37(39)43-35-24-23-34(26-27(35)4)41-28(5)36(38)42-32(7-2)8-3/h15-24,26,28,32H,6-14,25H2,1-5H3. The van der Waals surface area contributed by atoms with Crippen molar-refractivity contribution in [2.45, 2.75) is 110 Å². The molecule has 0 bridgehead atoms. The van der Waals surface area contributed by atoms with Crippen LogP contribution in [0.15, 0.2) is 71.6 Å². The molecule has 1 unspecified atom stereocenters. The molecule has 3 aromatic rings. The van der Waals surface area contributed by atoms with Crippen LogP contribution in [-0.2, 0) is 9.53 Å². The first-order valence-electron chi connectivity index (χ1n) is 15.9. The van der Waals surface area contributed by atoms with Crippen molar-refractivity contribution in [1.82, 2.24) is 0 Å². The second-order valence-corrected chi connectivity index (χ2v) is 12.0. The van der Waals surface area contributed by atoms with Gasteiger partial charge in [0.1, 0.15) is 17.6 Å². The molecule has 43 heavy (non-hydrogen) atoms. The number of rotatable bonds is 18. The molecule has 6 heteroatoms. The molecule has 0 radical (unpaired) electrons. The van der Waals surface area contributed by atoms with Crippen LogP contribution in [0.5, 0.6) is 11.5 Å². The van der Waals surface area contributed by atoms with Crippen molar-refractivity contribution in [3.8, 4) is 22.6 Å². The Bertz CT molecular complexity index is 1270. The topological polar surface area (TPSA) is 61.8 Å². The van der Waals surface area contributed by atoms with Gasteiger partial charge in [-0.25, -0.2) is 4.79 Å². The van der Waals surface area contributed by atoms with Gasteiger partial charge < -0.3 is 14.2 Å². The lowest BCUT2D eigenvalue weighted by atomic mass is 10.0. The average Bonchev–Trinajstić information content (AvgIpc) is 3.02. The van der Waals surface area contributed by atoms with E-state index in [4.69, 9.17) is 14.2 Å². The third-order valence-electron chi connectivity index (χ3n) is 7.51. The highest BCUT2D eigenvalue weighted by molar-refractivity contribution is 8.14. The molecule has 3 aromatic carbocycles. The summed E-state index contributed by atoms with van der Waals surface area (Å²) < 4.78 is 17.2. The zero-order valence-corrected chi connectivity index (χ0v) is 27.3. The minimum Gasteiger partial charge on any atom is -0.494 e. The number of carbonyl (C=O) groups excluding carboxylic acids is 2. The van der Waals surface area contributed by atoms with E-state index in [-0.39, 0.29) is 17.2 Å². The van der Waals surface area contributed by atoms with Gasteiger partial charge in [0.05, 0.1) is 6.61 Å². The second kappa shape index (κ2) is 18.4. The number of carbonyl (C=O) groups is 2. The lowest BCUT2D eigenvalue weighted by molar-refractivity contribution is -0.157. The van der Waals surface area contributed by atoms with E-state index >= 15 is 0 Å². The lowest BCUT2D eigenvalue weighted by Crippen LogP contribution is -2.29. The third-order valence-corrected chi connectivity index (χ3v) is 8.61. The summed E-state index contributed by atoms with van der Waals surface area (Å²) in [6.07, 6.45) is 9.64. The minimum absolute atomic E-state index is 0.0282. The van der Waals surface area contributed by atoms with Crippen LogP contribution in [0.3, 0.4) is 0 Å². The summed E-state index contributed by atoms with van der Waals surface area (Å²) in [7, 11) is 0. The fraction of sp³-hybridized carbons (Fsp3) is 0.459. The molecular weight excluding hydrogens is 556 g/mol. The van der Waals surface area contributed by atoms with Crippen molar-refractivity contribution in [1.29, 1.82) is 0 Å². The number of unbranched alkanes of at least 4 members (excludes halogenated alkanes) is 6. The van der Waals surface area contributed by atoms with E-state index in [9.17, 15) is 9.59 Å². The average molecular weight is 605 g/mol. The number of aryl methyl sites for hydroxylation is 1. The smallest absolute Gasteiger partial charge is 0.347 e. The van der Waals surface area contributed by atoms with Crippen LogP contribution in [-0.4, -0.2) is 29.9 Å². The Labute approximate surface area is 262 Å². The zero-order valence-electron chi connectivity index (χ0n) is 26.5. The van der Waals surface area contributed by atoms with Crippen molar-refractivity contribution in [2.75, 3.05) is 6.61 Å². The van der Waals surface area contributed by atoms with E-state index in [1.807, 2.05) is 69.3 Å². The largest absolute Gasteiger partial charge is 0.494 e. The van der Waals surface area contributed by atoms with E-state index in [0.29, 0.717) is 11.3 Å². The van der Waals surface area contributed by atoms with Crippen molar-refractivity contribution < 1.29 is 23.8 Å². The summed E-state index contributed by atoms with van der Waals surface area (Å²) in [5.41, 5.74) is 3.68. The van der Waals surface area contributed by atoms with Crippen LogP contribution < -0.4 is 9.47 Å². The quantitative estimate of drug-likeness (QED) is 0.0818. The molecule has 0 aliphatic carbocycles. The Morgan fingerprint density at radius 1 is 0.744 bits per heavy atom. The highest BCUT2D eigenvalue weighted by Gasteiger charge is 2.20. The van der Waals surface area contributed by atoms with Gasteiger partial charge in [0.25, 0.3) is 0 Å². The highest BCUT2D eigenvalue weighted by Crippen LogP contribution is 2.30. The van der Waals surface area contributed by atoms with Gasteiger partial charge in [-0.05, 0) is 104 Å². The molecule has 1 atom stereocenters. The summed E-state index contributed by atoms with van der Waals surface area (Å²) in [5, 5.41) is -0.0282. The van der Waals surface area contributed by atoms with Crippen LogP contribution in [0.2, 0.25) is 0 Å². The van der Waals surface area contributed by atoms with Gasteiger partial charge in [0.2, 0.25) is 5.12 Å². The van der Waals surface area contributed by atoms with E-state index in [1.165, 1.54) is 50.3 Å². The summed E-state index contributed by atoms with van der Waals surface area (Å²) >= 11 is 1.19. The summed E-state index contributed by atoms with van der Waals surface area (Å²) in [6.45, 7) is 10.6. The Hall–Kier alpha value is -3.25. The Morgan fingerprint density at radius 2 is 1.33 bits per heavy atom.